The standard InChI is InChI=1S/C14H20N2O/c1-11(2)17-13-4-5-14-12(10-13)6-8-16(14)9-7-15-3/h4-6,8,10-11,15H,7,9H2,1-3H3. The van der Waals surface area contributed by atoms with Gasteiger partial charge < -0.3 is 14.6 Å². The first-order valence-electron chi connectivity index (χ1n) is 6.11. The van der Waals surface area contributed by atoms with Crippen LogP contribution in [0.15, 0.2) is 30.5 Å². The molecule has 0 bridgehead atoms. The van der Waals surface area contributed by atoms with Crippen LogP contribution in [-0.4, -0.2) is 24.3 Å². The summed E-state index contributed by atoms with van der Waals surface area (Å²) in [6, 6.07) is 8.41. The van der Waals surface area contributed by atoms with Crippen molar-refractivity contribution in [2.24, 2.45) is 0 Å². The Morgan fingerprint density at radius 3 is 2.82 bits per heavy atom. The zero-order valence-corrected chi connectivity index (χ0v) is 10.7. The van der Waals surface area contributed by atoms with Gasteiger partial charge in [0.1, 0.15) is 5.75 Å². The van der Waals surface area contributed by atoms with E-state index in [9.17, 15) is 0 Å². The van der Waals surface area contributed by atoms with Crippen molar-refractivity contribution in [3.8, 4) is 5.75 Å². The Bertz CT molecular complexity index is 488. The molecule has 0 aliphatic heterocycles. The predicted octanol–water partition coefficient (Wildman–Crippen LogP) is 2.65. The number of fused-ring (bicyclic) bond motifs is 1. The van der Waals surface area contributed by atoms with E-state index in [0.717, 1.165) is 18.8 Å². The molecule has 1 aromatic heterocycles. The number of hydrogen-bond donors (Lipinski definition) is 1. The van der Waals surface area contributed by atoms with Gasteiger partial charge in [0.2, 0.25) is 0 Å². The largest absolute Gasteiger partial charge is 0.491 e. The molecule has 2 rings (SSSR count). The Morgan fingerprint density at radius 2 is 2.12 bits per heavy atom. The molecule has 0 amide bonds. The van der Waals surface area contributed by atoms with E-state index >= 15 is 0 Å². The molecule has 0 unspecified atom stereocenters. The minimum atomic E-state index is 0.221. The predicted molar refractivity (Wildman–Crippen MR) is 71.6 cm³/mol. The van der Waals surface area contributed by atoms with Crippen molar-refractivity contribution < 1.29 is 4.74 Å². The highest BCUT2D eigenvalue weighted by Gasteiger charge is 2.03. The van der Waals surface area contributed by atoms with Crippen LogP contribution in [0.4, 0.5) is 0 Å². The van der Waals surface area contributed by atoms with E-state index in [2.05, 4.69) is 34.3 Å². The topological polar surface area (TPSA) is 26.2 Å². The van der Waals surface area contributed by atoms with E-state index in [0.29, 0.717) is 0 Å². The highest BCUT2D eigenvalue weighted by atomic mass is 16.5. The van der Waals surface area contributed by atoms with Gasteiger partial charge in [0.05, 0.1) is 6.10 Å². The highest BCUT2D eigenvalue weighted by Crippen LogP contribution is 2.22. The first-order valence-corrected chi connectivity index (χ1v) is 6.11. The Kier molecular flexibility index (Phi) is 3.69. The van der Waals surface area contributed by atoms with E-state index in [1.54, 1.807) is 0 Å². The summed E-state index contributed by atoms with van der Waals surface area (Å²) in [6.45, 7) is 6.06. The van der Waals surface area contributed by atoms with Crippen molar-refractivity contribution in [1.82, 2.24) is 9.88 Å². The lowest BCUT2D eigenvalue weighted by molar-refractivity contribution is 0.243. The first kappa shape index (κ1) is 12.0. The summed E-state index contributed by atoms with van der Waals surface area (Å²) in [7, 11) is 1.97. The van der Waals surface area contributed by atoms with Crippen LogP contribution in [0.25, 0.3) is 10.9 Å². The minimum Gasteiger partial charge on any atom is -0.491 e. The number of nitrogens with zero attached hydrogens (tertiary/aromatic N) is 1. The van der Waals surface area contributed by atoms with Gasteiger partial charge in [0.15, 0.2) is 0 Å². The molecule has 0 atom stereocenters. The summed E-state index contributed by atoms with van der Waals surface area (Å²) in [5.41, 5.74) is 1.26. The zero-order chi connectivity index (χ0) is 12.3. The molecular weight excluding hydrogens is 212 g/mol. The molecule has 1 aromatic carbocycles. The lowest BCUT2D eigenvalue weighted by Gasteiger charge is -2.10. The molecule has 92 valence electrons. The Labute approximate surface area is 102 Å². The summed E-state index contributed by atoms with van der Waals surface area (Å²) in [6.07, 6.45) is 2.35. The molecule has 0 fully saturated rings. The average Bonchev–Trinajstić information content (AvgIpc) is 2.68. The second-order valence-corrected chi connectivity index (χ2v) is 4.50. The summed E-state index contributed by atoms with van der Waals surface area (Å²) in [5, 5.41) is 4.40. The molecule has 0 radical (unpaired) electrons. The molecule has 3 heteroatoms. The second kappa shape index (κ2) is 5.23. The van der Waals surface area contributed by atoms with Crippen molar-refractivity contribution in [1.29, 1.82) is 0 Å². The van der Waals surface area contributed by atoms with Crippen LogP contribution >= 0.6 is 0 Å². The summed E-state index contributed by atoms with van der Waals surface area (Å²) in [4.78, 5) is 0. The molecule has 0 aliphatic rings. The molecule has 1 N–H and O–H groups in total. The molecule has 2 aromatic rings. The monoisotopic (exact) mass is 232 g/mol. The second-order valence-electron chi connectivity index (χ2n) is 4.50. The number of hydrogen-bond acceptors (Lipinski definition) is 2. The van der Waals surface area contributed by atoms with Gasteiger partial charge in [-0.05, 0) is 45.2 Å². The van der Waals surface area contributed by atoms with Crippen molar-refractivity contribution >= 4 is 10.9 Å². The maximum absolute atomic E-state index is 5.69. The fourth-order valence-electron chi connectivity index (χ4n) is 1.95. The highest BCUT2D eigenvalue weighted by molar-refractivity contribution is 5.81. The Morgan fingerprint density at radius 1 is 1.29 bits per heavy atom. The van der Waals surface area contributed by atoms with Gasteiger partial charge >= 0.3 is 0 Å². The van der Waals surface area contributed by atoms with Crippen molar-refractivity contribution in [2.45, 2.75) is 26.5 Å². The van der Waals surface area contributed by atoms with Gasteiger partial charge in [-0.3, -0.25) is 0 Å². The van der Waals surface area contributed by atoms with Crippen LogP contribution in [0, 0.1) is 0 Å². The van der Waals surface area contributed by atoms with Crippen LogP contribution in [0.1, 0.15) is 13.8 Å². The van der Waals surface area contributed by atoms with E-state index in [1.165, 1.54) is 10.9 Å². The third kappa shape index (κ3) is 2.80. The number of nitrogens with one attached hydrogen (secondary N) is 1. The van der Waals surface area contributed by atoms with Gasteiger partial charge in [-0.15, -0.1) is 0 Å². The van der Waals surface area contributed by atoms with E-state index in [4.69, 9.17) is 4.74 Å². The molecule has 0 saturated heterocycles. The van der Waals surface area contributed by atoms with Gasteiger partial charge in [0.25, 0.3) is 0 Å². The molecule has 0 aliphatic carbocycles. The smallest absolute Gasteiger partial charge is 0.120 e. The Hall–Kier alpha value is -1.48. The van der Waals surface area contributed by atoms with Gasteiger partial charge in [-0.25, -0.2) is 0 Å². The number of ether oxygens (including phenoxy) is 1. The van der Waals surface area contributed by atoms with Crippen molar-refractivity contribution in [3.63, 3.8) is 0 Å². The van der Waals surface area contributed by atoms with E-state index in [-0.39, 0.29) is 6.10 Å². The normalized spacial score (nSPS) is 11.3. The number of likely N-dealkylation sites (N-methyl/N-ethyl adjacent to an activating group) is 1. The van der Waals surface area contributed by atoms with Crippen LogP contribution in [0.5, 0.6) is 5.75 Å². The molecule has 1 heterocycles. The SMILES string of the molecule is CNCCn1ccc2cc(OC(C)C)ccc21. The molecule has 17 heavy (non-hydrogen) atoms. The zero-order valence-electron chi connectivity index (χ0n) is 10.7. The maximum atomic E-state index is 5.69. The quantitative estimate of drug-likeness (QED) is 0.857. The lowest BCUT2D eigenvalue weighted by Crippen LogP contribution is -2.14. The summed E-state index contributed by atoms with van der Waals surface area (Å²) >= 11 is 0. The summed E-state index contributed by atoms with van der Waals surface area (Å²) in [5.74, 6) is 0.943. The Balaban J connectivity index is 2.25. The third-order valence-electron chi connectivity index (χ3n) is 2.72. The first-order chi connectivity index (χ1) is 8.20. The molecule has 0 spiro atoms. The van der Waals surface area contributed by atoms with Crippen LogP contribution in [0.2, 0.25) is 0 Å². The van der Waals surface area contributed by atoms with Crippen LogP contribution < -0.4 is 10.1 Å². The lowest BCUT2D eigenvalue weighted by atomic mass is 10.2. The van der Waals surface area contributed by atoms with Crippen LogP contribution in [0.3, 0.4) is 0 Å². The fraction of sp³-hybridized carbons (Fsp3) is 0.429. The molecule has 0 saturated carbocycles. The van der Waals surface area contributed by atoms with Gasteiger partial charge in [0, 0.05) is 30.2 Å². The maximum Gasteiger partial charge on any atom is 0.120 e. The number of rotatable bonds is 5. The van der Waals surface area contributed by atoms with Crippen LogP contribution in [-0.2, 0) is 6.54 Å². The summed E-state index contributed by atoms with van der Waals surface area (Å²) < 4.78 is 7.95. The number of aromatic nitrogens is 1. The third-order valence-corrected chi connectivity index (χ3v) is 2.72. The minimum absolute atomic E-state index is 0.221. The average molecular weight is 232 g/mol. The van der Waals surface area contributed by atoms with Crippen molar-refractivity contribution in [2.75, 3.05) is 13.6 Å². The van der Waals surface area contributed by atoms with Gasteiger partial charge in [-0.2, -0.15) is 0 Å². The number of benzene rings is 1. The molecule has 3 nitrogen and oxygen atoms in total. The van der Waals surface area contributed by atoms with E-state index in [1.807, 2.05) is 27.0 Å². The van der Waals surface area contributed by atoms with Crippen molar-refractivity contribution in [3.05, 3.63) is 30.5 Å². The fourth-order valence-corrected chi connectivity index (χ4v) is 1.95. The molecular formula is C14H20N2O. The van der Waals surface area contributed by atoms with E-state index < -0.39 is 0 Å². The van der Waals surface area contributed by atoms with Gasteiger partial charge in [-0.1, -0.05) is 0 Å².